The first kappa shape index (κ1) is 19.7. The van der Waals surface area contributed by atoms with E-state index in [0.29, 0.717) is 38.0 Å². The van der Waals surface area contributed by atoms with Crippen molar-refractivity contribution in [1.82, 2.24) is 9.80 Å². The summed E-state index contributed by atoms with van der Waals surface area (Å²) in [5, 5.41) is 0. The van der Waals surface area contributed by atoms with Crippen molar-refractivity contribution in [2.24, 2.45) is 5.41 Å². The molecule has 1 aromatic carbocycles. The number of piperidine rings is 1. The van der Waals surface area contributed by atoms with Gasteiger partial charge < -0.3 is 14.5 Å². The van der Waals surface area contributed by atoms with Crippen LogP contribution in [0.4, 0.5) is 8.78 Å². The normalized spacial score (nSPS) is 20.4. The lowest BCUT2D eigenvalue weighted by Crippen LogP contribution is -2.48. The van der Waals surface area contributed by atoms with Gasteiger partial charge in [-0.15, -0.1) is 0 Å². The molecule has 1 atom stereocenters. The number of ether oxygens (including phenoxy) is 1. The molecule has 2 saturated heterocycles. The molecule has 3 rings (SSSR count). The molecule has 2 fully saturated rings. The number of halogens is 2. The van der Waals surface area contributed by atoms with Crippen LogP contribution < -0.4 is 0 Å². The van der Waals surface area contributed by atoms with E-state index in [0.717, 1.165) is 18.9 Å². The largest absolute Gasteiger partial charge is 0.372 e. The molecule has 0 unspecified atom stereocenters. The Bertz CT molecular complexity index is 693. The molecule has 2 heterocycles. The zero-order valence-electron chi connectivity index (χ0n) is 15.8. The number of nitrogens with zero attached hydrogens (tertiary/aromatic N) is 2. The topological polar surface area (TPSA) is 49.9 Å². The van der Waals surface area contributed by atoms with Gasteiger partial charge in [0, 0.05) is 51.2 Å². The standard InChI is InChI=1S/C20H26F2N2O3/c1-3-17(27-2)19(26)23-6-4-20(5-7-23)11-18(25)24(13-20)12-14-8-15(21)10-16(22)9-14/h8-10,17H,3-7,11-13H2,1-2H3/t17-/m1/s1. The van der Waals surface area contributed by atoms with Crippen LogP contribution in [0.1, 0.15) is 38.2 Å². The number of likely N-dealkylation sites (tertiary alicyclic amines) is 2. The SMILES string of the molecule is CC[C@@H](OC)C(=O)N1CCC2(CC1)CC(=O)N(Cc1cc(F)cc(F)c1)C2. The highest BCUT2D eigenvalue weighted by Crippen LogP contribution is 2.41. The van der Waals surface area contributed by atoms with Gasteiger partial charge in [-0.2, -0.15) is 0 Å². The third kappa shape index (κ3) is 4.29. The molecule has 0 aliphatic carbocycles. The molecule has 27 heavy (non-hydrogen) atoms. The van der Waals surface area contributed by atoms with E-state index in [1.807, 2.05) is 11.8 Å². The zero-order valence-corrected chi connectivity index (χ0v) is 15.8. The van der Waals surface area contributed by atoms with Crippen LogP contribution in [-0.2, 0) is 20.9 Å². The minimum atomic E-state index is -0.637. The van der Waals surface area contributed by atoms with Gasteiger partial charge in [0.05, 0.1) is 0 Å². The van der Waals surface area contributed by atoms with E-state index in [1.165, 1.54) is 12.1 Å². The van der Waals surface area contributed by atoms with Crippen molar-refractivity contribution >= 4 is 11.8 Å². The van der Waals surface area contributed by atoms with Crippen LogP contribution in [-0.4, -0.2) is 54.5 Å². The Morgan fingerprint density at radius 3 is 2.41 bits per heavy atom. The minimum absolute atomic E-state index is 0.00257. The summed E-state index contributed by atoms with van der Waals surface area (Å²) in [6, 6.07) is 3.35. The van der Waals surface area contributed by atoms with E-state index in [2.05, 4.69) is 0 Å². The molecular formula is C20H26F2N2O3. The van der Waals surface area contributed by atoms with Crippen molar-refractivity contribution in [3.05, 3.63) is 35.4 Å². The third-order valence-corrected chi connectivity index (χ3v) is 5.77. The quantitative estimate of drug-likeness (QED) is 0.789. The molecule has 148 valence electrons. The van der Waals surface area contributed by atoms with Gasteiger partial charge in [-0.05, 0) is 37.0 Å². The maximum absolute atomic E-state index is 13.4. The van der Waals surface area contributed by atoms with E-state index < -0.39 is 17.7 Å². The lowest BCUT2D eigenvalue weighted by molar-refractivity contribution is -0.144. The Morgan fingerprint density at radius 1 is 1.22 bits per heavy atom. The zero-order chi connectivity index (χ0) is 19.6. The highest BCUT2D eigenvalue weighted by atomic mass is 19.1. The molecule has 0 radical (unpaired) electrons. The minimum Gasteiger partial charge on any atom is -0.372 e. The Kier molecular flexibility index (Phi) is 5.79. The Labute approximate surface area is 158 Å². The molecular weight excluding hydrogens is 354 g/mol. The van der Waals surface area contributed by atoms with Gasteiger partial charge in [0.1, 0.15) is 17.7 Å². The fourth-order valence-corrected chi connectivity index (χ4v) is 4.23. The predicted molar refractivity (Wildman–Crippen MR) is 95.7 cm³/mol. The summed E-state index contributed by atoms with van der Waals surface area (Å²) < 4.78 is 32.0. The molecule has 2 aliphatic rings. The summed E-state index contributed by atoms with van der Waals surface area (Å²) in [4.78, 5) is 28.4. The molecule has 0 aromatic heterocycles. The van der Waals surface area contributed by atoms with Gasteiger partial charge >= 0.3 is 0 Å². The van der Waals surface area contributed by atoms with E-state index >= 15 is 0 Å². The second kappa shape index (κ2) is 7.92. The Morgan fingerprint density at radius 2 is 1.85 bits per heavy atom. The second-order valence-electron chi connectivity index (χ2n) is 7.66. The maximum Gasteiger partial charge on any atom is 0.251 e. The summed E-state index contributed by atoms with van der Waals surface area (Å²) >= 11 is 0. The number of carbonyl (C=O) groups excluding carboxylic acids is 2. The molecule has 0 N–H and O–H groups in total. The molecule has 0 saturated carbocycles. The van der Waals surface area contributed by atoms with Gasteiger partial charge in [-0.3, -0.25) is 9.59 Å². The predicted octanol–water partition coefficient (Wildman–Crippen LogP) is 2.73. The first-order valence-electron chi connectivity index (χ1n) is 9.40. The van der Waals surface area contributed by atoms with Crippen LogP contribution in [0.3, 0.4) is 0 Å². The summed E-state index contributed by atoms with van der Waals surface area (Å²) in [5.41, 5.74) is 0.297. The van der Waals surface area contributed by atoms with Crippen LogP contribution in [0.25, 0.3) is 0 Å². The fourth-order valence-electron chi connectivity index (χ4n) is 4.23. The summed E-state index contributed by atoms with van der Waals surface area (Å²) in [6.45, 7) is 3.90. The highest BCUT2D eigenvalue weighted by Gasteiger charge is 2.45. The Balaban J connectivity index is 1.61. The average molecular weight is 380 g/mol. The van der Waals surface area contributed by atoms with Crippen LogP contribution in [0.15, 0.2) is 18.2 Å². The van der Waals surface area contributed by atoms with E-state index in [9.17, 15) is 18.4 Å². The van der Waals surface area contributed by atoms with Crippen molar-refractivity contribution in [2.75, 3.05) is 26.7 Å². The van der Waals surface area contributed by atoms with E-state index in [-0.39, 0.29) is 23.8 Å². The number of benzene rings is 1. The van der Waals surface area contributed by atoms with Crippen LogP contribution in [0.2, 0.25) is 0 Å². The first-order valence-corrected chi connectivity index (χ1v) is 9.40. The fraction of sp³-hybridized carbons (Fsp3) is 0.600. The molecule has 5 nitrogen and oxygen atoms in total. The van der Waals surface area contributed by atoms with Crippen LogP contribution in [0, 0.1) is 17.0 Å². The number of amides is 2. The Hall–Kier alpha value is -2.02. The number of carbonyl (C=O) groups is 2. The van der Waals surface area contributed by atoms with Crippen molar-refractivity contribution in [1.29, 1.82) is 0 Å². The molecule has 1 aromatic rings. The molecule has 2 aliphatic heterocycles. The van der Waals surface area contributed by atoms with E-state index in [1.54, 1.807) is 12.0 Å². The van der Waals surface area contributed by atoms with Gasteiger partial charge in [0.2, 0.25) is 5.91 Å². The van der Waals surface area contributed by atoms with Crippen molar-refractivity contribution < 1.29 is 23.1 Å². The van der Waals surface area contributed by atoms with E-state index in [4.69, 9.17) is 4.74 Å². The van der Waals surface area contributed by atoms with Gasteiger partial charge in [0.25, 0.3) is 5.91 Å². The van der Waals surface area contributed by atoms with Crippen molar-refractivity contribution in [3.63, 3.8) is 0 Å². The first-order chi connectivity index (χ1) is 12.9. The van der Waals surface area contributed by atoms with Crippen LogP contribution in [0.5, 0.6) is 0 Å². The van der Waals surface area contributed by atoms with Gasteiger partial charge in [0.15, 0.2) is 0 Å². The maximum atomic E-state index is 13.4. The molecule has 2 amide bonds. The third-order valence-electron chi connectivity index (χ3n) is 5.77. The molecule has 7 heteroatoms. The lowest BCUT2D eigenvalue weighted by atomic mass is 9.77. The smallest absolute Gasteiger partial charge is 0.251 e. The highest BCUT2D eigenvalue weighted by molar-refractivity contribution is 5.81. The van der Waals surface area contributed by atoms with Gasteiger partial charge in [-0.25, -0.2) is 8.78 Å². The van der Waals surface area contributed by atoms with Crippen LogP contribution >= 0.6 is 0 Å². The van der Waals surface area contributed by atoms with Gasteiger partial charge in [-0.1, -0.05) is 6.92 Å². The second-order valence-corrected chi connectivity index (χ2v) is 7.66. The summed E-state index contributed by atoms with van der Waals surface area (Å²) in [5.74, 6) is -1.27. The number of methoxy groups -OCH3 is 1. The number of rotatable bonds is 5. The van der Waals surface area contributed by atoms with Crippen molar-refractivity contribution in [2.45, 2.75) is 45.3 Å². The lowest BCUT2D eigenvalue weighted by Gasteiger charge is -2.39. The van der Waals surface area contributed by atoms with Crippen molar-refractivity contribution in [3.8, 4) is 0 Å². The summed E-state index contributed by atoms with van der Waals surface area (Å²) in [6.07, 6.45) is 2.14. The molecule has 1 spiro atoms. The number of hydrogen-bond donors (Lipinski definition) is 0. The monoisotopic (exact) mass is 380 g/mol. The summed E-state index contributed by atoms with van der Waals surface area (Å²) in [7, 11) is 1.54. The number of hydrogen-bond acceptors (Lipinski definition) is 3. The average Bonchev–Trinajstić information content (AvgIpc) is 2.90. The molecule has 0 bridgehead atoms.